The molecule has 1 aromatic carbocycles. The molecule has 3 nitrogen and oxygen atoms in total. The van der Waals surface area contributed by atoms with E-state index in [0.29, 0.717) is 6.61 Å². The third kappa shape index (κ3) is 3.57. The molecule has 0 aliphatic rings. The highest BCUT2D eigenvalue weighted by Gasteiger charge is 2.22. The van der Waals surface area contributed by atoms with Gasteiger partial charge in [-0.1, -0.05) is 32.0 Å². The Morgan fingerprint density at radius 2 is 1.94 bits per heavy atom. The number of carbonyl (C=O) groups is 1. The summed E-state index contributed by atoms with van der Waals surface area (Å²) in [5.41, 5.74) is 0.939. The lowest BCUT2D eigenvalue weighted by Crippen LogP contribution is -2.36. The maximum Gasteiger partial charge on any atom is 0.328 e. The highest BCUT2D eigenvalue weighted by Crippen LogP contribution is 2.13. The van der Waals surface area contributed by atoms with Gasteiger partial charge in [0, 0.05) is 5.69 Å². The molecule has 0 spiro atoms. The molecule has 0 saturated carbocycles. The maximum absolute atomic E-state index is 11.7. The quantitative estimate of drug-likeness (QED) is 0.777. The van der Waals surface area contributed by atoms with Crippen LogP contribution in [0, 0.1) is 5.92 Å². The summed E-state index contributed by atoms with van der Waals surface area (Å²) >= 11 is 0. The number of anilines is 1. The van der Waals surface area contributed by atoms with E-state index < -0.39 is 0 Å². The van der Waals surface area contributed by atoms with Gasteiger partial charge in [-0.2, -0.15) is 0 Å². The zero-order valence-corrected chi connectivity index (χ0v) is 10.1. The van der Waals surface area contributed by atoms with Gasteiger partial charge in [0.25, 0.3) is 0 Å². The summed E-state index contributed by atoms with van der Waals surface area (Å²) in [7, 11) is 0. The van der Waals surface area contributed by atoms with E-state index in [1.54, 1.807) is 0 Å². The number of hydrogen-bond acceptors (Lipinski definition) is 3. The van der Waals surface area contributed by atoms with Crippen molar-refractivity contribution in [2.24, 2.45) is 5.92 Å². The van der Waals surface area contributed by atoms with Crippen molar-refractivity contribution < 1.29 is 9.53 Å². The van der Waals surface area contributed by atoms with Crippen LogP contribution in [0.4, 0.5) is 5.69 Å². The number of benzene rings is 1. The molecule has 1 N–H and O–H groups in total. The van der Waals surface area contributed by atoms with Crippen molar-refractivity contribution in [2.75, 3.05) is 11.9 Å². The van der Waals surface area contributed by atoms with E-state index in [0.717, 1.165) is 5.69 Å². The Kier molecular flexibility index (Phi) is 4.83. The zero-order chi connectivity index (χ0) is 12.0. The second kappa shape index (κ2) is 6.16. The van der Waals surface area contributed by atoms with Crippen LogP contribution in [0.2, 0.25) is 0 Å². The third-order valence-corrected chi connectivity index (χ3v) is 2.30. The molecule has 0 fully saturated rings. The molecule has 0 radical (unpaired) electrons. The van der Waals surface area contributed by atoms with Crippen molar-refractivity contribution in [1.82, 2.24) is 0 Å². The van der Waals surface area contributed by atoms with Crippen LogP contribution in [0.1, 0.15) is 20.8 Å². The van der Waals surface area contributed by atoms with E-state index in [-0.39, 0.29) is 17.9 Å². The number of hydrogen-bond donors (Lipinski definition) is 1. The van der Waals surface area contributed by atoms with Crippen molar-refractivity contribution in [1.29, 1.82) is 0 Å². The van der Waals surface area contributed by atoms with Crippen LogP contribution in [0.5, 0.6) is 0 Å². The van der Waals surface area contributed by atoms with Gasteiger partial charge in [0.2, 0.25) is 0 Å². The van der Waals surface area contributed by atoms with E-state index in [9.17, 15) is 4.79 Å². The largest absolute Gasteiger partial charge is 0.464 e. The molecule has 0 bridgehead atoms. The zero-order valence-electron chi connectivity index (χ0n) is 10.1. The van der Waals surface area contributed by atoms with Crippen molar-refractivity contribution in [3.63, 3.8) is 0 Å². The molecule has 0 heterocycles. The van der Waals surface area contributed by atoms with Crippen LogP contribution >= 0.6 is 0 Å². The highest BCUT2D eigenvalue weighted by atomic mass is 16.5. The van der Waals surface area contributed by atoms with Gasteiger partial charge in [-0.25, -0.2) is 4.79 Å². The van der Waals surface area contributed by atoms with Gasteiger partial charge in [0.1, 0.15) is 6.04 Å². The summed E-state index contributed by atoms with van der Waals surface area (Å²) in [6, 6.07) is 9.40. The lowest BCUT2D eigenvalue weighted by atomic mass is 10.0. The fourth-order valence-corrected chi connectivity index (χ4v) is 1.44. The molecule has 0 aromatic heterocycles. The van der Waals surface area contributed by atoms with Crippen molar-refractivity contribution in [3.05, 3.63) is 30.3 Å². The normalized spacial score (nSPS) is 12.2. The predicted octanol–water partition coefficient (Wildman–Crippen LogP) is 2.69. The number of nitrogens with one attached hydrogen (secondary N) is 1. The first kappa shape index (κ1) is 12.6. The fraction of sp³-hybridized carbons (Fsp3) is 0.462. The minimum Gasteiger partial charge on any atom is -0.464 e. The van der Waals surface area contributed by atoms with Crippen LogP contribution in [0.25, 0.3) is 0 Å². The van der Waals surface area contributed by atoms with E-state index in [4.69, 9.17) is 4.74 Å². The molecule has 0 aliphatic heterocycles. The number of carbonyl (C=O) groups excluding carboxylic acids is 1. The van der Waals surface area contributed by atoms with Crippen molar-refractivity contribution in [3.8, 4) is 0 Å². The van der Waals surface area contributed by atoms with Crippen LogP contribution in [-0.2, 0) is 9.53 Å². The van der Waals surface area contributed by atoms with Gasteiger partial charge < -0.3 is 10.1 Å². The van der Waals surface area contributed by atoms with Crippen molar-refractivity contribution in [2.45, 2.75) is 26.8 Å². The van der Waals surface area contributed by atoms with Gasteiger partial charge in [0.05, 0.1) is 6.61 Å². The lowest BCUT2D eigenvalue weighted by Gasteiger charge is -2.21. The summed E-state index contributed by atoms with van der Waals surface area (Å²) in [4.78, 5) is 11.7. The Morgan fingerprint density at radius 1 is 1.31 bits per heavy atom. The Hall–Kier alpha value is -1.51. The predicted molar refractivity (Wildman–Crippen MR) is 65.3 cm³/mol. The summed E-state index contributed by atoms with van der Waals surface area (Å²) in [6.45, 7) is 6.23. The smallest absolute Gasteiger partial charge is 0.328 e. The van der Waals surface area contributed by atoms with Gasteiger partial charge >= 0.3 is 5.97 Å². The van der Waals surface area contributed by atoms with Gasteiger partial charge in [-0.05, 0) is 25.0 Å². The molecule has 1 atom stereocenters. The van der Waals surface area contributed by atoms with Crippen LogP contribution < -0.4 is 5.32 Å². The Labute approximate surface area is 96.8 Å². The SMILES string of the molecule is CCOC(=O)C(Nc1ccccc1)C(C)C. The Balaban J connectivity index is 2.69. The molecule has 3 heteroatoms. The summed E-state index contributed by atoms with van der Waals surface area (Å²) in [5.74, 6) is 0.000564. The van der Waals surface area contributed by atoms with Gasteiger partial charge in [-0.15, -0.1) is 0 Å². The van der Waals surface area contributed by atoms with E-state index in [2.05, 4.69) is 5.32 Å². The molecule has 1 unspecified atom stereocenters. The third-order valence-electron chi connectivity index (χ3n) is 2.30. The van der Waals surface area contributed by atoms with E-state index in [1.165, 1.54) is 0 Å². The summed E-state index contributed by atoms with van der Waals surface area (Å²) < 4.78 is 5.04. The minimum absolute atomic E-state index is 0.193. The molecule has 1 aromatic rings. The molecule has 0 aliphatic carbocycles. The number of ether oxygens (including phenoxy) is 1. The Morgan fingerprint density at radius 3 is 2.44 bits per heavy atom. The van der Waals surface area contributed by atoms with Gasteiger partial charge in [-0.3, -0.25) is 0 Å². The molecule has 1 rings (SSSR count). The van der Waals surface area contributed by atoms with Crippen molar-refractivity contribution >= 4 is 11.7 Å². The standard InChI is InChI=1S/C13H19NO2/c1-4-16-13(15)12(10(2)3)14-11-8-6-5-7-9-11/h5-10,12,14H,4H2,1-3H3. The molecular formula is C13H19NO2. The topological polar surface area (TPSA) is 38.3 Å². The van der Waals surface area contributed by atoms with Crippen LogP contribution in [-0.4, -0.2) is 18.6 Å². The first-order chi connectivity index (χ1) is 7.65. The Bertz CT molecular complexity index is 322. The molecule has 0 saturated heterocycles. The molecule has 16 heavy (non-hydrogen) atoms. The number of para-hydroxylation sites is 1. The molecular weight excluding hydrogens is 202 g/mol. The average Bonchev–Trinajstić information content (AvgIpc) is 2.27. The fourth-order valence-electron chi connectivity index (χ4n) is 1.44. The number of rotatable bonds is 5. The molecule has 88 valence electrons. The minimum atomic E-state index is -0.289. The first-order valence-electron chi connectivity index (χ1n) is 5.63. The second-order valence-electron chi connectivity index (χ2n) is 3.98. The summed E-state index contributed by atoms with van der Waals surface area (Å²) in [5, 5.41) is 3.19. The molecule has 0 amide bonds. The second-order valence-corrected chi connectivity index (χ2v) is 3.98. The van der Waals surface area contributed by atoms with Crippen LogP contribution in [0.3, 0.4) is 0 Å². The average molecular weight is 221 g/mol. The maximum atomic E-state index is 11.7. The highest BCUT2D eigenvalue weighted by molar-refractivity contribution is 5.79. The summed E-state index contributed by atoms with van der Waals surface area (Å²) in [6.07, 6.45) is 0. The number of esters is 1. The van der Waals surface area contributed by atoms with E-state index >= 15 is 0 Å². The monoisotopic (exact) mass is 221 g/mol. The lowest BCUT2D eigenvalue weighted by molar-refractivity contribution is -0.145. The first-order valence-corrected chi connectivity index (χ1v) is 5.63. The van der Waals surface area contributed by atoms with E-state index in [1.807, 2.05) is 51.1 Å². The van der Waals surface area contributed by atoms with Crippen LogP contribution in [0.15, 0.2) is 30.3 Å². The van der Waals surface area contributed by atoms with Gasteiger partial charge in [0.15, 0.2) is 0 Å².